The number of aldehydes is 1. The number of hydrogen-bond donors (Lipinski definition) is 1. The Morgan fingerprint density at radius 3 is 2.75 bits per heavy atom. The highest BCUT2D eigenvalue weighted by Gasteiger charge is 2.55. The zero-order chi connectivity index (χ0) is 15.0. The molecular weight excluding hydrogens is 273 g/mol. The standard InChI is InChI=1S/C14H15F3O3/c1-9-2-3-12-11(6-9)10(4-5-20-12)7-13(19,8-18)14(15,16)17/h2-3,6,8,10,19H,4-5,7H2,1H3. The summed E-state index contributed by atoms with van der Waals surface area (Å²) in [4.78, 5) is 10.7. The minimum absolute atomic E-state index is 0.271. The number of hydrogen-bond acceptors (Lipinski definition) is 3. The molecule has 6 heteroatoms. The smallest absolute Gasteiger partial charge is 0.424 e. The highest BCUT2D eigenvalue weighted by molar-refractivity contribution is 5.64. The van der Waals surface area contributed by atoms with Crippen LogP contribution in [0.1, 0.15) is 29.9 Å². The van der Waals surface area contributed by atoms with Crippen LogP contribution in [0, 0.1) is 6.92 Å². The van der Waals surface area contributed by atoms with Crippen LogP contribution in [-0.2, 0) is 4.79 Å². The molecule has 2 rings (SSSR count). The Bertz CT molecular complexity index is 513. The molecule has 0 aromatic heterocycles. The maximum absolute atomic E-state index is 12.8. The average molecular weight is 288 g/mol. The third-order valence-corrected chi connectivity index (χ3v) is 3.57. The second kappa shape index (κ2) is 5.09. The van der Waals surface area contributed by atoms with Crippen molar-refractivity contribution in [2.45, 2.75) is 37.5 Å². The van der Waals surface area contributed by atoms with Gasteiger partial charge in [0.15, 0.2) is 6.29 Å². The molecule has 1 N–H and O–H groups in total. The van der Waals surface area contributed by atoms with E-state index < -0.39 is 30.4 Å². The molecule has 3 nitrogen and oxygen atoms in total. The Labute approximate surface area is 114 Å². The fourth-order valence-corrected chi connectivity index (χ4v) is 2.40. The van der Waals surface area contributed by atoms with Gasteiger partial charge in [0.25, 0.3) is 0 Å². The van der Waals surface area contributed by atoms with Gasteiger partial charge in [0.05, 0.1) is 6.61 Å². The van der Waals surface area contributed by atoms with Crippen molar-refractivity contribution in [3.8, 4) is 5.75 Å². The number of carbonyl (C=O) groups is 1. The maximum Gasteiger partial charge on any atom is 0.424 e. The van der Waals surface area contributed by atoms with Gasteiger partial charge in [0.2, 0.25) is 5.60 Å². The summed E-state index contributed by atoms with van der Waals surface area (Å²) in [6.45, 7) is 2.09. The van der Waals surface area contributed by atoms with Gasteiger partial charge in [0.1, 0.15) is 5.75 Å². The van der Waals surface area contributed by atoms with Crippen LogP contribution in [0.2, 0.25) is 0 Å². The van der Waals surface area contributed by atoms with Crippen molar-refractivity contribution >= 4 is 6.29 Å². The molecule has 0 saturated heterocycles. The van der Waals surface area contributed by atoms with Gasteiger partial charge in [0, 0.05) is 0 Å². The fourth-order valence-electron chi connectivity index (χ4n) is 2.40. The normalized spacial score (nSPS) is 21.6. The molecule has 0 bridgehead atoms. The molecule has 1 aromatic rings. The van der Waals surface area contributed by atoms with E-state index >= 15 is 0 Å². The van der Waals surface area contributed by atoms with Gasteiger partial charge in [-0.05, 0) is 37.3 Å². The van der Waals surface area contributed by atoms with E-state index in [-0.39, 0.29) is 6.61 Å². The SMILES string of the molecule is Cc1ccc2c(c1)C(CC(O)(C=O)C(F)(F)F)CCO2. The second-order valence-corrected chi connectivity index (χ2v) is 5.12. The van der Waals surface area contributed by atoms with E-state index in [9.17, 15) is 23.1 Å². The van der Waals surface area contributed by atoms with Crippen LogP contribution < -0.4 is 4.74 Å². The number of ether oxygens (including phenoxy) is 1. The number of fused-ring (bicyclic) bond motifs is 1. The highest BCUT2D eigenvalue weighted by atomic mass is 19.4. The fraction of sp³-hybridized carbons (Fsp3) is 0.500. The summed E-state index contributed by atoms with van der Waals surface area (Å²) < 4.78 is 43.8. The third-order valence-electron chi connectivity index (χ3n) is 3.57. The quantitative estimate of drug-likeness (QED) is 0.870. The second-order valence-electron chi connectivity index (χ2n) is 5.12. The van der Waals surface area contributed by atoms with Gasteiger partial charge in [-0.15, -0.1) is 0 Å². The first-order valence-electron chi connectivity index (χ1n) is 6.25. The van der Waals surface area contributed by atoms with Crippen LogP contribution >= 0.6 is 0 Å². The molecule has 0 saturated carbocycles. The number of halogens is 3. The van der Waals surface area contributed by atoms with Gasteiger partial charge in [-0.3, -0.25) is 4.79 Å². The first-order chi connectivity index (χ1) is 9.27. The van der Waals surface area contributed by atoms with Crippen LogP contribution in [0.5, 0.6) is 5.75 Å². The van der Waals surface area contributed by atoms with Gasteiger partial charge in [-0.2, -0.15) is 13.2 Å². The Morgan fingerprint density at radius 2 is 2.15 bits per heavy atom. The predicted molar refractivity (Wildman–Crippen MR) is 65.7 cm³/mol. The van der Waals surface area contributed by atoms with Gasteiger partial charge < -0.3 is 9.84 Å². The Hall–Kier alpha value is -1.56. The third kappa shape index (κ3) is 2.65. The minimum Gasteiger partial charge on any atom is -0.493 e. The van der Waals surface area contributed by atoms with Crippen molar-refractivity contribution in [1.82, 2.24) is 0 Å². The van der Waals surface area contributed by atoms with Crippen LogP contribution in [0.3, 0.4) is 0 Å². The molecule has 0 radical (unpaired) electrons. The van der Waals surface area contributed by atoms with Crippen molar-refractivity contribution in [3.05, 3.63) is 29.3 Å². The summed E-state index contributed by atoms with van der Waals surface area (Å²) in [5.41, 5.74) is -1.81. The van der Waals surface area contributed by atoms with Crippen molar-refractivity contribution in [1.29, 1.82) is 0 Å². The summed E-state index contributed by atoms with van der Waals surface area (Å²) in [5.74, 6) is -0.0438. The first kappa shape index (κ1) is 14.8. The van der Waals surface area contributed by atoms with Crippen molar-refractivity contribution < 1.29 is 27.8 Å². The molecule has 0 fully saturated rings. The van der Waals surface area contributed by atoms with Gasteiger partial charge in [-0.1, -0.05) is 17.7 Å². The molecule has 1 aliphatic rings. The van der Waals surface area contributed by atoms with Crippen LogP contribution in [0.15, 0.2) is 18.2 Å². The summed E-state index contributed by atoms with van der Waals surface area (Å²) in [6, 6.07) is 5.24. The first-order valence-corrected chi connectivity index (χ1v) is 6.25. The zero-order valence-corrected chi connectivity index (χ0v) is 10.9. The molecule has 1 aliphatic heterocycles. The van der Waals surface area contributed by atoms with Gasteiger partial charge >= 0.3 is 6.18 Å². The zero-order valence-electron chi connectivity index (χ0n) is 10.9. The lowest BCUT2D eigenvalue weighted by molar-refractivity contribution is -0.248. The molecule has 1 aromatic carbocycles. The van der Waals surface area contributed by atoms with E-state index in [0.717, 1.165) is 5.56 Å². The minimum atomic E-state index is -4.98. The Morgan fingerprint density at radius 1 is 1.45 bits per heavy atom. The molecule has 2 atom stereocenters. The maximum atomic E-state index is 12.8. The van der Waals surface area contributed by atoms with E-state index in [1.54, 1.807) is 18.2 Å². The predicted octanol–water partition coefficient (Wildman–Crippen LogP) is 2.74. The molecule has 0 spiro atoms. The lowest BCUT2D eigenvalue weighted by atomic mass is 9.82. The van der Waals surface area contributed by atoms with E-state index in [1.165, 1.54) is 0 Å². The molecular formula is C14H15F3O3. The molecule has 20 heavy (non-hydrogen) atoms. The summed E-state index contributed by atoms with van der Waals surface area (Å²) in [6.07, 6.45) is -5.74. The highest BCUT2D eigenvalue weighted by Crippen LogP contribution is 2.42. The number of rotatable bonds is 3. The van der Waals surface area contributed by atoms with Crippen LogP contribution in [0.25, 0.3) is 0 Å². The summed E-state index contributed by atoms with van der Waals surface area (Å²) in [7, 11) is 0. The summed E-state index contributed by atoms with van der Waals surface area (Å²) in [5, 5.41) is 9.57. The molecule has 1 heterocycles. The Kier molecular flexibility index (Phi) is 3.77. The lowest BCUT2D eigenvalue weighted by Gasteiger charge is -2.32. The largest absolute Gasteiger partial charge is 0.493 e. The van der Waals surface area contributed by atoms with Gasteiger partial charge in [-0.25, -0.2) is 0 Å². The summed E-state index contributed by atoms with van der Waals surface area (Å²) >= 11 is 0. The number of aryl methyl sites for hydroxylation is 1. The van der Waals surface area contributed by atoms with E-state index in [4.69, 9.17) is 4.74 Å². The van der Waals surface area contributed by atoms with Crippen LogP contribution in [-0.4, -0.2) is 29.8 Å². The van der Waals surface area contributed by atoms with Crippen LogP contribution in [0.4, 0.5) is 13.2 Å². The molecule has 0 aliphatic carbocycles. The van der Waals surface area contributed by atoms with E-state index in [0.29, 0.717) is 17.7 Å². The average Bonchev–Trinajstić information content (AvgIpc) is 2.38. The number of alkyl halides is 3. The number of carbonyl (C=O) groups excluding carboxylic acids is 1. The van der Waals surface area contributed by atoms with E-state index in [2.05, 4.69) is 0 Å². The monoisotopic (exact) mass is 288 g/mol. The van der Waals surface area contributed by atoms with E-state index in [1.807, 2.05) is 6.92 Å². The number of aliphatic hydroxyl groups is 1. The Balaban J connectivity index is 2.32. The molecule has 110 valence electrons. The van der Waals surface area contributed by atoms with Crippen molar-refractivity contribution in [2.24, 2.45) is 0 Å². The van der Waals surface area contributed by atoms with Crippen molar-refractivity contribution in [3.63, 3.8) is 0 Å². The molecule has 0 amide bonds. The van der Waals surface area contributed by atoms with Crippen molar-refractivity contribution in [2.75, 3.05) is 6.61 Å². The molecule has 2 unspecified atom stereocenters. The lowest BCUT2D eigenvalue weighted by Crippen LogP contribution is -2.48. The number of benzene rings is 1. The topological polar surface area (TPSA) is 46.5 Å².